The Labute approximate surface area is 193 Å². The normalized spacial score (nSPS) is 15.6. The number of hydrogen-bond donors (Lipinski definition) is 0. The summed E-state index contributed by atoms with van der Waals surface area (Å²) in [5.74, 6) is -0.465. The van der Waals surface area contributed by atoms with Gasteiger partial charge in [0.2, 0.25) is 0 Å². The maximum absolute atomic E-state index is 13.9. The molecule has 0 saturated carbocycles. The van der Waals surface area contributed by atoms with Crippen LogP contribution in [-0.2, 0) is 19.6 Å². The number of ether oxygens (including phenoxy) is 1. The Balaban J connectivity index is 1.90. The van der Waals surface area contributed by atoms with Gasteiger partial charge in [-0.25, -0.2) is 8.42 Å². The molecule has 1 aliphatic rings. The Hall–Kier alpha value is -2.83. The molecule has 7 heteroatoms. The molecule has 3 aromatic carbocycles. The fraction of sp³-hybridized carbons (Fsp3) is 0.240. The third-order valence-corrected chi connectivity index (χ3v) is 7.27. The lowest BCUT2D eigenvalue weighted by molar-refractivity contribution is -0.155. The fourth-order valence-corrected chi connectivity index (χ4v) is 5.75. The van der Waals surface area contributed by atoms with E-state index in [9.17, 15) is 13.2 Å². The molecule has 0 aromatic heterocycles. The van der Waals surface area contributed by atoms with E-state index in [0.717, 1.165) is 16.7 Å². The quantitative estimate of drug-likeness (QED) is 0.440. The van der Waals surface area contributed by atoms with E-state index in [1.807, 2.05) is 36.4 Å². The van der Waals surface area contributed by atoms with Gasteiger partial charge in [-0.15, -0.1) is 0 Å². The third kappa shape index (κ3) is 4.25. The van der Waals surface area contributed by atoms with E-state index in [1.54, 1.807) is 45.0 Å². The smallest absolute Gasteiger partial charge is 0.308 e. The van der Waals surface area contributed by atoms with Crippen molar-refractivity contribution in [1.82, 2.24) is 0 Å². The molecular weight excluding hydrogens is 446 g/mol. The number of esters is 1. The Morgan fingerprint density at radius 3 is 2.19 bits per heavy atom. The number of hydrogen-bond acceptors (Lipinski definition) is 4. The van der Waals surface area contributed by atoms with Crippen molar-refractivity contribution in [3.8, 4) is 11.1 Å². The summed E-state index contributed by atoms with van der Waals surface area (Å²) in [7, 11) is -4.01. The molecule has 0 saturated heterocycles. The molecule has 0 amide bonds. The van der Waals surface area contributed by atoms with Crippen molar-refractivity contribution in [3.05, 3.63) is 83.4 Å². The number of carbonyl (C=O) groups is 1. The van der Waals surface area contributed by atoms with Gasteiger partial charge in [0.15, 0.2) is 0 Å². The number of sulfonamides is 1. The average Bonchev–Trinajstić information content (AvgIpc) is 2.72. The van der Waals surface area contributed by atoms with Crippen LogP contribution in [0.2, 0.25) is 5.02 Å². The monoisotopic (exact) mass is 469 g/mol. The summed E-state index contributed by atoms with van der Waals surface area (Å²) in [6.45, 7) is 5.37. The molecule has 1 unspecified atom stereocenters. The van der Waals surface area contributed by atoms with Crippen LogP contribution < -0.4 is 4.31 Å². The maximum Gasteiger partial charge on any atom is 0.308 e. The van der Waals surface area contributed by atoms with Crippen molar-refractivity contribution in [2.24, 2.45) is 0 Å². The van der Waals surface area contributed by atoms with E-state index in [4.69, 9.17) is 16.3 Å². The topological polar surface area (TPSA) is 63.7 Å². The lowest BCUT2D eigenvalue weighted by Gasteiger charge is -2.39. The number of nitrogens with zero attached hydrogens (tertiary/aromatic N) is 1. The molecule has 4 rings (SSSR count). The van der Waals surface area contributed by atoms with Gasteiger partial charge in [-0.1, -0.05) is 54.1 Å². The Morgan fingerprint density at radius 2 is 1.53 bits per heavy atom. The second-order valence-corrected chi connectivity index (χ2v) is 10.9. The largest absolute Gasteiger partial charge is 0.460 e. The van der Waals surface area contributed by atoms with Crippen LogP contribution in [-0.4, -0.2) is 20.0 Å². The zero-order valence-corrected chi connectivity index (χ0v) is 19.7. The van der Waals surface area contributed by atoms with E-state index in [0.29, 0.717) is 10.7 Å². The fourth-order valence-electron chi connectivity index (χ4n) is 3.97. The summed E-state index contributed by atoms with van der Waals surface area (Å²) < 4.78 is 34.7. The summed E-state index contributed by atoms with van der Waals surface area (Å²) in [4.78, 5) is 12.9. The number of fused-ring (bicyclic) bond motifs is 3. The van der Waals surface area contributed by atoms with Gasteiger partial charge in [0.05, 0.1) is 23.0 Å². The zero-order valence-electron chi connectivity index (χ0n) is 18.1. The molecule has 1 heterocycles. The van der Waals surface area contributed by atoms with Crippen molar-refractivity contribution in [2.45, 2.75) is 43.7 Å². The van der Waals surface area contributed by atoms with Gasteiger partial charge < -0.3 is 4.74 Å². The van der Waals surface area contributed by atoms with Crippen LogP contribution >= 0.6 is 11.6 Å². The van der Waals surface area contributed by atoms with Crippen LogP contribution in [0.1, 0.15) is 38.8 Å². The molecule has 0 spiro atoms. The lowest BCUT2D eigenvalue weighted by atomic mass is 9.88. The minimum atomic E-state index is -4.01. The van der Waals surface area contributed by atoms with Gasteiger partial charge in [-0.05, 0) is 62.2 Å². The van der Waals surface area contributed by atoms with Crippen molar-refractivity contribution < 1.29 is 17.9 Å². The molecule has 0 aliphatic carbocycles. The van der Waals surface area contributed by atoms with Crippen LogP contribution in [0.4, 0.5) is 5.69 Å². The molecule has 32 heavy (non-hydrogen) atoms. The number of anilines is 1. The van der Waals surface area contributed by atoms with Crippen molar-refractivity contribution >= 4 is 33.3 Å². The van der Waals surface area contributed by atoms with Crippen molar-refractivity contribution in [3.63, 3.8) is 0 Å². The molecule has 5 nitrogen and oxygen atoms in total. The Bertz CT molecular complexity index is 1260. The van der Waals surface area contributed by atoms with E-state index in [1.165, 1.54) is 16.4 Å². The first-order chi connectivity index (χ1) is 15.1. The zero-order chi connectivity index (χ0) is 23.1. The molecule has 1 aliphatic heterocycles. The Kier molecular flexibility index (Phi) is 5.77. The summed E-state index contributed by atoms with van der Waals surface area (Å²) in [5, 5.41) is 0.443. The highest BCUT2D eigenvalue weighted by Crippen LogP contribution is 2.48. The van der Waals surface area contributed by atoms with E-state index in [-0.39, 0.29) is 11.3 Å². The van der Waals surface area contributed by atoms with Crippen LogP contribution in [0, 0.1) is 0 Å². The predicted octanol–water partition coefficient (Wildman–Crippen LogP) is 5.99. The first kappa shape index (κ1) is 22.4. The van der Waals surface area contributed by atoms with Crippen LogP contribution in [0.15, 0.2) is 77.7 Å². The van der Waals surface area contributed by atoms with E-state index in [2.05, 4.69) is 0 Å². The second-order valence-electron chi connectivity index (χ2n) is 8.67. The summed E-state index contributed by atoms with van der Waals surface area (Å²) >= 11 is 5.98. The highest BCUT2D eigenvalue weighted by atomic mass is 35.5. The number of rotatable bonds is 4. The van der Waals surface area contributed by atoms with Crippen LogP contribution in [0.25, 0.3) is 11.1 Å². The minimum Gasteiger partial charge on any atom is -0.460 e. The van der Waals surface area contributed by atoms with Gasteiger partial charge in [-0.3, -0.25) is 9.10 Å². The number of halogens is 1. The second kappa shape index (κ2) is 8.26. The first-order valence-corrected chi connectivity index (χ1v) is 12.1. The molecule has 0 radical (unpaired) electrons. The van der Waals surface area contributed by atoms with Crippen LogP contribution in [0.3, 0.4) is 0 Å². The van der Waals surface area contributed by atoms with Gasteiger partial charge in [0.1, 0.15) is 5.60 Å². The van der Waals surface area contributed by atoms with Gasteiger partial charge in [0.25, 0.3) is 10.0 Å². The highest BCUT2D eigenvalue weighted by Gasteiger charge is 2.40. The van der Waals surface area contributed by atoms with Crippen LogP contribution in [0.5, 0.6) is 0 Å². The lowest BCUT2D eigenvalue weighted by Crippen LogP contribution is -2.39. The van der Waals surface area contributed by atoms with E-state index >= 15 is 0 Å². The Morgan fingerprint density at radius 1 is 0.938 bits per heavy atom. The van der Waals surface area contributed by atoms with Gasteiger partial charge in [0, 0.05) is 10.6 Å². The third-order valence-electron chi connectivity index (χ3n) is 5.19. The molecule has 0 fully saturated rings. The molecule has 1 atom stereocenters. The van der Waals surface area contributed by atoms with E-state index < -0.39 is 27.6 Å². The van der Waals surface area contributed by atoms with Gasteiger partial charge >= 0.3 is 5.97 Å². The summed E-state index contributed by atoms with van der Waals surface area (Å²) in [6, 6.07) is 20.2. The number of carbonyl (C=O) groups excluding carboxylic acids is 1. The SMILES string of the molecule is CC(C)(C)OC(=O)CC1c2ccccc2-c2ccccc2N1S(=O)(=O)c1ccc(Cl)cc1. The summed E-state index contributed by atoms with van der Waals surface area (Å²) in [6.07, 6.45) is -0.116. The summed E-state index contributed by atoms with van der Waals surface area (Å²) in [5.41, 5.74) is 2.30. The standard InChI is InChI=1S/C25H24ClNO4S/c1-25(2,3)31-24(28)16-23-21-10-5-4-8-19(21)20-9-6-7-11-22(20)27(23)32(29,30)18-14-12-17(26)13-15-18/h4-15,23H,16H2,1-3H3. The minimum absolute atomic E-state index is 0.102. The average molecular weight is 470 g/mol. The number of para-hydroxylation sites is 1. The highest BCUT2D eigenvalue weighted by molar-refractivity contribution is 7.92. The molecular formula is C25H24ClNO4S. The molecule has 3 aromatic rings. The maximum atomic E-state index is 13.9. The first-order valence-electron chi connectivity index (χ1n) is 10.3. The molecule has 0 N–H and O–H groups in total. The van der Waals surface area contributed by atoms with Crippen molar-refractivity contribution in [2.75, 3.05) is 4.31 Å². The molecule has 0 bridgehead atoms. The molecule has 166 valence electrons. The number of benzene rings is 3. The van der Waals surface area contributed by atoms with Gasteiger partial charge in [-0.2, -0.15) is 0 Å². The van der Waals surface area contributed by atoms with Crippen molar-refractivity contribution in [1.29, 1.82) is 0 Å². The predicted molar refractivity (Wildman–Crippen MR) is 126 cm³/mol.